The van der Waals surface area contributed by atoms with Crippen LogP contribution in [0.2, 0.25) is 6.04 Å². The Kier molecular flexibility index (Phi) is 15.5. The molecule has 0 saturated carbocycles. The SMILES string of the molecule is CCCCO[Si](CCCCNC(N)=O)(OCCCC)OCCCC. The predicted octanol–water partition coefficient (Wildman–Crippen LogP) is 3.82. The molecular weight excluding hydrogens is 324 g/mol. The summed E-state index contributed by atoms with van der Waals surface area (Å²) >= 11 is 0. The van der Waals surface area contributed by atoms with Crippen LogP contribution >= 0.6 is 0 Å². The molecule has 0 heterocycles. The minimum absolute atomic E-state index is 0.476. The summed E-state index contributed by atoms with van der Waals surface area (Å²) in [5.41, 5.74) is 5.09. The number of nitrogens with one attached hydrogen (secondary N) is 1. The number of hydrogen-bond acceptors (Lipinski definition) is 4. The molecule has 24 heavy (non-hydrogen) atoms. The molecule has 0 atom stereocenters. The van der Waals surface area contributed by atoms with E-state index in [-0.39, 0.29) is 0 Å². The third kappa shape index (κ3) is 12.7. The summed E-state index contributed by atoms with van der Waals surface area (Å²) in [5, 5.41) is 2.62. The highest BCUT2D eigenvalue weighted by atomic mass is 28.4. The maximum atomic E-state index is 10.7. The molecule has 0 spiro atoms. The zero-order valence-corrected chi connectivity index (χ0v) is 16.9. The number of unbranched alkanes of at least 4 members (excludes halogenated alkanes) is 4. The number of hydrogen-bond donors (Lipinski definition) is 2. The molecule has 0 aromatic carbocycles. The molecule has 0 radical (unpaired) electrons. The van der Waals surface area contributed by atoms with E-state index in [0.717, 1.165) is 57.4 Å². The molecule has 144 valence electrons. The van der Waals surface area contributed by atoms with E-state index in [1.165, 1.54) is 0 Å². The van der Waals surface area contributed by atoms with Crippen LogP contribution in [-0.2, 0) is 13.3 Å². The fourth-order valence-electron chi connectivity index (χ4n) is 2.14. The van der Waals surface area contributed by atoms with Crippen molar-refractivity contribution in [3.05, 3.63) is 0 Å². The largest absolute Gasteiger partial charge is 0.500 e. The van der Waals surface area contributed by atoms with Crippen molar-refractivity contribution < 1.29 is 18.1 Å². The minimum atomic E-state index is -2.63. The molecule has 0 fully saturated rings. The lowest BCUT2D eigenvalue weighted by atomic mass is 10.3. The molecule has 0 unspecified atom stereocenters. The van der Waals surface area contributed by atoms with Crippen LogP contribution in [0.5, 0.6) is 0 Å². The number of nitrogens with two attached hydrogens (primary N) is 1. The van der Waals surface area contributed by atoms with Crippen molar-refractivity contribution in [2.45, 2.75) is 78.2 Å². The van der Waals surface area contributed by atoms with Crippen molar-refractivity contribution >= 4 is 14.8 Å². The molecule has 0 aliphatic carbocycles. The topological polar surface area (TPSA) is 82.8 Å². The molecule has 0 aromatic heterocycles. The van der Waals surface area contributed by atoms with Crippen LogP contribution in [0.25, 0.3) is 0 Å². The molecule has 7 heteroatoms. The summed E-state index contributed by atoms with van der Waals surface area (Å²) < 4.78 is 18.5. The summed E-state index contributed by atoms with van der Waals surface area (Å²) in [6.45, 7) is 9.12. The molecule has 0 rings (SSSR count). The summed E-state index contributed by atoms with van der Waals surface area (Å²) in [4.78, 5) is 10.7. The maximum absolute atomic E-state index is 10.7. The number of rotatable bonds is 17. The molecule has 0 aliphatic rings. The normalized spacial score (nSPS) is 11.6. The van der Waals surface area contributed by atoms with Gasteiger partial charge >= 0.3 is 14.8 Å². The van der Waals surface area contributed by atoms with E-state index in [9.17, 15) is 4.79 Å². The number of carbonyl (C=O) groups is 1. The van der Waals surface area contributed by atoms with E-state index >= 15 is 0 Å². The summed E-state index contributed by atoms with van der Waals surface area (Å²) in [6.07, 6.45) is 8.09. The van der Waals surface area contributed by atoms with Crippen molar-refractivity contribution in [1.82, 2.24) is 5.32 Å². The monoisotopic (exact) mass is 362 g/mol. The van der Waals surface area contributed by atoms with Crippen molar-refractivity contribution in [2.75, 3.05) is 26.4 Å². The van der Waals surface area contributed by atoms with Gasteiger partial charge in [0.1, 0.15) is 0 Å². The predicted molar refractivity (Wildman–Crippen MR) is 100.0 cm³/mol. The Balaban J connectivity index is 4.56. The third-order valence-electron chi connectivity index (χ3n) is 3.67. The molecule has 0 aliphatic heterocycles. The van der Waals surface area contributed by atoms with Gasteiger partial charge in [-0.1, -0.05) is 40.0 Å². The second-order valence-electron chi connectivity index (χ2n) is 6.04. The lowest BCUT2D eigenvalue weighted by Crippen LogP contribution is -2.46. The van der Waals surface area contributed by atoms with Gasteiger partial charge < -0.3 is 24.3 Å². The van der Waals surface area contributed by atoms with Crippen LogP contribution < -0.4 is 11.1 Å². The second kappa shape index (κ2) is 15.9. The molecule has 3 N–H and O–H groups in total. The van der Waals surface area contributed by atoms with Gasteiger partial charge in [0.05, 0.1) is 0 Å². The lowest BCUT2D eigenvalue weighted by Gasteiger charge is -2.30. The summed E-state index contributed by atoms with van der Waals surface area (Å²) in [5.74, 6) is 0. The molecule has 0 saturated heterocycles. The van der Waals surface area contributed by atoms with Gasteiger partial charge in [-0.2, -0.15) is 0 Å². The van der Waals surface area contributed by atoms with Gasteiger partial charge in [0.25, 0.3) is 0 Å². The lowest BCUT2D eigenvalue weighted by molar-refractivity contribution is 0.0557. The average Bonchev–Trinajstić information content (AvgIpc) is 2.55. The maximum Gasteiger partial charge on any atom is 0.500 e. The summed E-state index contributed by atoms with van der Waals surface area (Å²) in [6, 6.07) is 0.320. The van der Waals surface area contributed by atoms with Crippen LogP contribution in [0.4, 0.5) is 4.79 Å². The van der Waals surface area contributed by atoms with Gasteiger partial charge in [0.2, 0.25) is 0 Å². The zero-order chi connectivity index (χ0) is 18.1. The van der Waals surface area contributed by atoms with E-state index in [4.69, 9.17) is 19.0 Å². The highest BCUT2D eigenvalue weighted by molar-refractivity contribution is 6.60. The molecule has 6 nitrogen and oxygen atoms in total. The fraction of sp³-hybridized carbons (Fsp3) is 0.941. The van der Waals surface area contributed by atoms with Gasteiger partial charge in [0, 0.05) is 32.4 Å². The van der Waals surface area contributed by atoms with Gasteiger partial charge in [-0.05, 0) is 32.1 Å². The Labute approximate surface area is 149 Å². The highest BCUT2D eigenvalue weighted by Crippen LogP contribution is 2.21. The fourth-order valence-corrected chi connectivity index (χ4v) is 4.87. The Morgan fingerprint density at radius 1 is 0.833 bits per heavy atom. The second-order valence-corrected chi connectivity index (χ2v) is 8.77. The Bertz CT molecular complexity index is 280. The first-order valence-corrected chi connectivity index (χ1v) is 11.5. The Hall–Kier alpha value is -0.633. The van der Waals surface area contributed by atoms with Crippen LogP contribution in [-0.4, -0.2) is 41.2 Å². The van der Waals surface area contributed by atoms with Crippen LogP contribution in [0.1, 0.15) is 72.1 Å². The number of primary amides is 1. The Morgan fingerprint density at radius 3 is 1.67 bits per heavy atom. The quantitative estimate of drug-likeness (QED) is 0.304. The smallest absolute Gasteiger partial charge is 0.373 e. The third-order valence-corrected chi connectivity index (χ3v) is 6.57. The van der Waals surface area contributed by atoms with Gasteiger partial charge in [-0.15, -0.1) is 0 Å². The van der Waals surface area contributed by atoms with E-state index < -0.39 is 14.8 Å². The molecule has 0 aromatic rings. The first-order chi connectivity index (χ1) is 11.6. The van der Waals surface area contributed by atoms with E-state index in [1.54, 1.807) is 0 Å². The Morgan fingerprint density at radius 2 is 1.29 bits per heavy atom. The van der Waals surface area contributed by atoms with Crippen LogP contribution in [0, 0.1) is 0 Å². The van der Waals surface area contributed by atoms with Crippen molar-refractivity contribution in [3.8, 4) is 0 Å². The van der Waals surface area contributed by atoms with Gasteiger partial charge in [0.15, 0.2) is 0 Å². The number of amides is 2. The van der Waals surface area contributed by atoms with Gasteiger partial charge in [-0.25, -0.2) is 4.79 Å². The van der Waals surface area contributed by atoms with Crippen LogP contribution in [0.15, 0.2) is 0 Å². The van der Waals surface area contributed by atoms with E-state index in [0.29, 0.717) is 26.4 Å². The van der Waals surface area contributed by atoms with E-state index in [1.807, 2.05) is 0 Å². The first kappa shape index (κ1) is 23.4. The first-order valence-electron chi connectivity index (χ1n) is 9.55. The van der Waals surface area contributed by atoms with Crippen LogP contribution in [0.3, 0.4) is 0 Å². The van der Waals surface area contributed by atoms with Crippen molar-refractivity contribution in [2.24, 2.45) is 5.73 Å². The molecular formula is C17H38N2O4Si. The standard InChI is InChI=1S/C17H38N2O4Si/c1-4-7-13-21-24(22-14-8-5-2,23-15-9-6-3)16-11-10-12-19-17(18)20/h4-16H2,1-3H3,(H3,18,19,20). The minimum Gasteiger partial charge on any atom is -0.373 e. The summed E-state index contributed by atoms with van der Waals surface area (Å²) in [7, 11) is -2.63. The molecule has 2 amide bonds. The zero-order valence-electron chi connectivity index (χ0n) is 15.9. The molecule has 0 bridgehead atoms. The van der Waals surface area contributed by atoms with E-state index in [2.05, 4.69) is 26.1 Å². The van der Waals surface area contributed by atoms with Crippen molar-refractivity contribution in [1.29, 1.82) is 0 Å². The van der Waals surface area contributed by atoms with Crippen molar-refractivity contribution in [3.63, 3.8) is 0 Å². The number of urea groups is 1. The average molecular weight is 363 g/mol. The number of carbonyl (C=O) groups excluding carboxylic acids is 1. The van der Waals surface area contributed by atoms with Gasteiger partial charge in [-0.3, -0.25) is 0 Å². The highest BCUT2D eigenvalue weighted by Gasteiger charge is 2.40.